The van der Waals surface area contributed by atoms with E-state index in [2.05, 4.69) is 0 Å². The third-order valence-electron chi connectivity index (χ3n) is 3.54. The molecule has 0 atom stereocenters. The monoisotopic (exact) mass is 324 g/mol. The summed E-state index contributed by atoms with van der Waals surface area (Å²) in [5.74, 6) is 0.731. The molecule has 0 unspecified atom stereocenters. The quantitative estimate of drug-likeness (QED) is 0.499. The van der Waals surface area contributed by atoms with Gasteiger partial charge in [-0.2, -0.15) is 0 Å². The van der Waals surface area contributed by atoms with Crippen molar-refractivity contribution in [2.45, 2.75) is 0 Å². The van der Waals surface area contributed by atoms with Gasteiger partial charge in [0.25, 0.3) is 0 Å². The minimum Gasteiger partial charge on any atom is -0.497 e. The van der Waals surface area contributed by atoms with Gasteiger partial charge in [-0.15, -0.1) is 0 Å². The zero-order valence-corrected chi connectivity index (χ0v) is 13.7. The lowest BCUT2D eigenvalue weighted by atomic mass is 10.1. The topological polar surface area (TPSA) is 35.5 Å². The average molecular weight is 324 g/mol. The smallest absolute Gasteiger partial charge is 0.191 e. The van der Waals surface area contributed by atoms with Crippen LogP contribution in [0.5, 0.6) is 10.8 Å². The molecule has 1 aromatic heterocycles. The maximum atomic E-state index is 12.6. The second-order valence-electron chi connectivity index (χ2n) is 4.94. The standard InChI is InChI=1S/C19H16O3S/c1-21-14-10-7-13(8-11-14)9-12-16(20)18-15-5-3-4-6-17(15)23-19(18)22-2/h3-12H,1-2H3/b12-9+. The zero-order valence-electron chi connectivity index (χ0n) is 12.9. The fraction of sp³-hybridized carbons (Fsp3) is 0.105. The molecular weight excluding hydrogens is 308 g/mol. The second kappa shape index (κ2) is 6.67. The van der Waals surface area contributed by atoms with E-state index in [-0.39, 0.29) is 5.78 Å². The molecule has 3 aromatic rings. The van der Waals surface area contributed by atoms with Gasteiger partial charge in [-0.3, -0.25) is 4.79 Å². The molecule has 2 aromatic carbocycles. The number of carbonyl (C=O) groups excluding carboxylic acids is 1. The predicted molar refractivity (Wildman–Crippen MR) is 94.7 cm³/mol. The summed E-state index contributed by atoms with van der Waals surface area (Å²) in [6.45, 7) is 0. The van der Waals surface area contributed by atoms with E-state index < -0.39 is 0 Å². The Bertz CT molecular complexity index is 860. The van der Waals surface area contributed by atoms with Crippen LogP contribution >= 0.6 is 11.3 Å². The number of allylic oxidation sites excluding steroid dienone is 1. The van der Waals surface area contributed by atoms with Gasteiger partial charge in [0.1, 0.15) is 5.75 Å². The van der Waals surface area contributed by atoms with Crippen LogP contribution in [0.4, 0.5) is 0 Å². The number of hydrogen-bond acceptors (Lipinski definition) is 4. The second-order valence-corrected chi connectivity index (χ2v) is 5.95. The zero-order chi connectivity index (χ0) is 16.2. The first-order valence-corrected chi connectivity index (χ1v) is 7.96. The largest absolute Gasteiger partial charge is 0.497 e. The number of ketones is 1. The number of methoxy groups -OCH3 is 2. The summed E-state index contributed by atoms with van der Waals surface area (Å²) in [5, 5.41) is 1.58. The van der Waals surface area contributed by atoms with Crippen molar-refractivity contribution in [1.29, 1.82) is 0 Å². The Morgan fingerprint density at radius 2 is 1.74 bits per heavy atom. The van der Waals surface area contributed by atoms with E-state index in [9.17, 15) is 4.79 Å². The Labute approximate surface area is 138 Å². The SMILES string of the molecule is COc1ccc(/C=C/C(=O)c2c(OC)sc3ccccc23)cc1. The molecule has 3 rings (SSSR count). The molecule has 0 aliphatic carbocycles. The molecule has 23 heavy (non-hydrogen) atoms. The minimum absolute atomic E-state index is 0.0601. The van der Waals surface area contributed by atoms with E-state index in [0.717, 1.165) is 21.4 Å². The van der Waals surface area contributed by atoms with E-state index in [0.29, 0.717) is 10.6 Å². The van der Waals surface area contributed by atoms with Crippen molar-refractivity contribution in [3.05, 3.63) is 65.7 Å². The summed E-state index contributed by atoms with van der Waals surface area (Å²) in [6.07, 6.45) is 3.38. The van der Waals surface area contributed by atoms with Crippen LogP contribution in [-0.2, 0) is 0 Å². The molecule has 0 aliphatic rings. The normalized spacial score (nSPS) is 11.0. The predicted octanol–water partition coefficient (Wildman–Crippen LogP) is 4.81. The van der Waals surface area contributed by atoms with Gasteiger partial charge in [-0.25, -0.2) is 0 Å². The number of carbonyl (C=O) groups is 1. The summed E-state index contributed by atoms with van der Waals surface area (Å²) in [4.78, 5) is 12.6. The van der Waals surface area contributed by atoms with Gasteiger partial charge in [0.15, 0.2) is 10.8 Å². The Hall–Kier alpha value is -2.59. The van der Waals surface area contributed by atoms with Gasteiger partial charge >= 0.3 is 0 Å². The molecule has 0 aliphatic heterocycles. The Balaban J connectivity index is 1.92. The van der Waals surface area contributed by atoms with Crippen LogP contribution in [0.2, 0.25) is 0 Å². The Morgan fingerprint density at radius 3 is 2.43 bits per heavy atom. The van der Waals surface area contributed by atoms with Gasteiger partial charge in [-0.05, 0) is 29.8 Å². The van der Waals surface area contributed by atoms with Gasteiger partial charge < -0.3 is 9.47 Å². The van der Waals surface area contributed by atoms with Crippen molar-refractivity contribution in [3.63, 3.8) is 0 Å². The third-order valence-corrected chi connectivity index (χ3v) is 4.67. The average Bonchev–Trinajstić information content (AvgIpc) is 2.98. The van der Waals surface area contributed by atoms with Crippen LogP contribution in [0.1, 0.15) is 15.9 Å². The van der Waals surface area contributed by atoms with Crippen molar-refractivity contribution in [2.24, 2.45) is 0 Å². The highest BCUT2D eigenvalue weighted by atomic mass is 32.1. The van der Waals surface area contributed by atoms with Crippen LogP contribution < -0.4 is 9.47 Å². The third kappa shape index (κ3) is 3.12. The van der Waals surface area contributed by atoms with Crippen LogP contribution in [0.15, 0.2) is 54.6 Å². The van der Waals surface area contributed by atoms with Crippen LogP contribution in [0.3, 0.4) is 0 Å². The number of thiophene rings is 1. The summed E-state index contributed by atoms with van der Waals surface area (Å²) in [6, 6.07) is 15.4. The Kier molecular flexibility index (Phi) is 4.44. The number of hydrogen-bond donors (Lipinski definition) is 0. The molecule has 0 saturated carbocycles. The van der Waals surface area contributed by atoms with Gasteiger partial charge in [0.05, 0.1) is 19.8 Å². The number of rotatable bonds is 5. The van der Waals surface area contributed by atoms with Crippen molar-refractivity contribution in [2.75, 3.05) is 14.2 Å². The first-order chi connectivity index (χ1) is 11.2. The van der Waals surface area contributed by atoms with Gasteiger partial charge in [-0.1, -0.05) is 47.7 Å². The fourth-order valence-corrected chi connectivity index (χ4v) is 3.39. The lowest BCUT2D eigenvalue weighted by Crippen LogP contribution is -1.96. The van der Waals surface area contributed by atoms with E-state index in [4.69, 9.17) is 9.47 Å². The van der Waals surface area contributed by atoms with Gasteiger partial charge in [0.2, 0.25) is 0 Å². The van der Waals surface area contributed by atoms with E-state index in [1.54, 1.807) is 26.4 Å². The van der Waals surface area contributed by atoms with Crippen LogP contribution in [0.25, 0.3) is 16.2 Å². The van der Waals surface area contributed by atoms with Gasteiger partial charge in [0, 0.05) is 10.1 Å². The number of benzene rings is 2. The van der Waals surface area contributed by atoms with Crippen molar-refractivity contribution >= 4 is 33.3 Å². The van der Waals surface area contributed by atoms with E-state index >= 15 is 0 Å². The van der Waals surface area contributed by atoms with E-state index in [1.165, 1.54) is 11.3 Å². The first-order valence-electron chi connectivity index (χ1n) is 7.15. The number of ether oxygens (including phenoxy) is 2. The highest BCUT2D eigenvalue weighted by molar-refractivity contribution is 7.21. The summed E-state index contributed by atoms with van der Waals surface area (Å²) in [7, 11) is 3.22. The lowest BCUT2D eigenvalue weighted by molar-refractivity contribution is 0.104. The molecule has 4 heteroatoms. The molecule has 3 nitrogen and oxygen atoms in total. The van der Waals surface area contributed by atoms with Crippen LogP contribution in [-0.4, -0.2) is 20.0 Å². The van der Waals surface area contributed by atoms with Crippen molar-refractivity contribution < 1.29 is 14.3 Å². The lowest BCUT2D eigenvalue weighted by Gasteiger charge is -2.00. The van der Waals surface area contributed by atoms with Crippen LogP contribution in [0, 0.1) is 0 Å². The minimum atomic E-state index is -0.0601. The molecule has 0 spiro atoms. The molecule has 1 heterocycles. The highest BCUT2D eigenvalue weighted by Crippen LogP contribution is 2.37. The Morgan fingerprint density at radius 1 is 1.00 bits per heavy atom. The molecule has 0 fully saturated rings. The summed E-state index contributed by atoms with van der Waals surface area (Å²) < 4.78 is 11.6. The highest BCUT2D eigenvalue weighted by Gasteiger charge is 2.17. The summed E-state index contributed by atoms with van der Waals surface area (Å²) >= 11 is 1.49. The molecule has 0 bridgehead atoms. The number of fused-ring (bicyclic) bond motifs is 1. The molecular formula is C19H16O3S. The van der Waals surface area contributed by atoms with Crippen molar-refractivity contribution in [1.82, 2.24) is 0 Å². The molecule has 0 amide bonds. The maximum Gasteiger partial charge on any atom is 0.191 e. The van der Waals surface area contributed by atoms with E-state index in [1.807, 2.05) is 48.5 Å². The molecule has 116 valence electrons. The molecule has 0 saturated heterocycles. The maximum absolute atomic E-state index is 12.6. The summed E-state index contributed by atoms with van der Waals surface area (Å²) in [5.41, 5.74) is 1.57. The first kappa shape index (κ1) is 15.3. The molecule has 0 radical (unpaired) electrons. The molecule has 0 N–H and O–H groups in total. The van der Waals surface area contributed by atoms with Crippen molar-refractivity contribution in [3.8, 4) is 10.8 Å². The fourth-order valence-electron chi connectivity index (χ4n) is 2.37.